The number of hydrogen-bond donors (Lipinski definition) is 0. The molecule has 1 nitrogen and oxygen atoms in total. The fraction of sp³-hybridized carbons (Fsp3) is 1.00. The maximum Gasteiger partial charge on any atom is 0.148 e. The molecule has 0 spiro atoms. The molecule has 0 saturated heterocycles. The van der Waals surface area contributed by atoms with Gasteiger partial charge in [-0.1, -0.05) is 45.2 Å². The van der Waals surface area contributed by atoms with Crippen LogP contribution in [0, 0.1) is 5.92 Å². The molecule has 0 aromatic rings. The summed E-state index contributed by atoms with van der Waals surface area (Å²) in [5.74, 6) is 0.0593. The molecule has 14 atom stereocenters. The van der Waals surface area contributed by atoms with E-state index in [1.807, 2.05) is 13.8 Å². The minimum atomic E-state index is -0.994. The molecule has 0 heterocycles. The Labute approximate surface area is 292 Å². The van der Waals surface area contributed by atoms with Gasteiger partial charge < -0.3 is 4.74 Å². The van der Waals surface area contributed by atoms with Crippen molar-refractivity contribution >= 4 is 162 Å². The van der Waals surface area contributed by atoms with Crippen LogP contribution >= 0.6 is 162 Å². The lowest BCUT2D eigenvalue weighted by Gasteiger charge is -2.35. The molecule has 0 aliphatic rings. The van der Waals surface area contributed by atoms with Gasteiger partial charge in [-0.2, -0.15) is 0 Å². The van der Waals surface area contributed by atoms with E-state index in [4.69, 9.17) is 167 Å². The van der Waals surface area contributed by atoms with Gasteiger partial charge in [0.2, 0.25) is 0 Å². The zero-order chi connectivity index (χ0) is 29.2. The van der Waals surface area contributed by atoms with Gasteiger partial charge in [-0.15, -0.1) is 151 Å². The van der Waals surface area contributed by atoms with Crippen LogP contribution in [0.3, 0.4) is 0 Å². The Balaban J connectivity index is 5.16. The summed E-state index contributed by atoms with van der Waals surface area (Å²) in [6.07, 6.45) is 2.89. The van der Waals surface area contributed by atoms with Crippen LogP contribution < -0.4 is 0 Å². The smallest absolute Gasteiger partial charge is 0.148 e. The molecular weight excluding hydrogens is 777 g/mol. The molecule has 37 heavy (non-hydrogen) atoms. The molecule has 0 aliphatic carbocycles. The van der Waals surface area contributed by atoms with E-state index in [1.54, 1.807) is 0 Å². The van der Waals surface area contributed by atoms with Crippen molar-refractivity contribution in [2.75, 3.05) is 6.61 Å². The quantitative estimate of drug-likeness (QED) is 0.0933. The Morgan fingerprint density at radius 1 is 0.405 bits per heavy atom. The van der Waals surface area contributed by atoms with E-state index < -0.39 is 75.5 Å². The van der Waals surface area contributed by atoms with Gasteiger partial charge in [-0.3, -0.25) is 0 Å². The molecule has 0 saturated carbocycles. The zero-order valence-electron chi connectivity index (χ0n) is 20.2. The van der Waals surface area contributed by atoms with Crippen molar-refractivity contribution < 1.29 is 4.74 Å². The van der Waals surface area contributed by atoms with E-state index in [-0.39, 0.29) is 5.92 Å². The predicted octanol–water partition coefficient (Wildman–Crippen LogP) is 11.3. The summed E-state index contributed by atoms with van der Waals surface area (Å²) in [7, 11) is 0. The first kappa shape index (κ1) is 41.0. The van der Waals surface area contributed by atoms with Crippen LogP contribution in [0.15, 0.2) is 0 Å². The van der Waals surface area contributed by atoms with Crippen LogP contribution in [0.2, 0.25) is 0 Å². The van der Waals surface area contributed by atoms with E-state index in [2.05, 4.69) is 6.92 Å². The first-order valence-electron chi connectivity index (χ1n) is 11.6. The largest absolute Gasteiger partial charge is 0.361 e. The second-order valence-corrected chi connectivity index (χ2v) is 15.9. The number of unbranched alkanes of at least 4 members (excludes halogenated alkanes) is 2. The first-order chi connectivity index (χ1) is 17.0. The minimum Gasteiger partial charge on any atom is -0.361 e. The third kappa shape index (κ3) is 13.3. The van der Waals surface area contributed by atoms with Gasteiger partial charge in [-0.25, -0.2) is 0 Å². The maximum absolute atomic E-state index is 6.54. The van der Waals surface area contributed by atoms with Gasteiger partial charge in [0.1, 0.15) is 5.56 Å². The lowest BCUT2D eigenvalue weighted by Crippen LogP contribution is -2.49. The summed E-state index contributed by atoms with van der Waals surface area (Å²) >= 11 is 90.5. The SMILES string of the molecule is CCCCCOC(Cl)C(Cl)C(Cl)C(Cl)C(Cl)C(Cl)C(Cl)C(Cl)C(Cl)C(Cl)C(Cl)C(Cl)C(Cl)C(Cl)C(C)C. The molecule has 0 amide bonds. The van der Waals surface area contributed by atoms with Gasteiger partial charge in [0.15, 0.2) is 0 Å². The van der Waals surface area contributed by atoms with Crippen LogP contribution in [-0.2, 0) is 4.74 Å². The van der Waals surface area contributed by atoms with E-state index in [9.17, 15) is 0 Å². The van der Waals surface area contributed by atoms with Crippen molar-refractivity contribution in [2.45, 2.75) is 115 Å². The Kier molecular flexibility index (Phi) is 23.1. The molecule has 0 aliphatic heterocycles. The fourth-order valence-corrected chi connectivity index (χ4v) is 8.17. The van der Waals surface area contributed by atoms with Crippen LogP contribution in [0.25, 0.3) is 0 Å². The third-order valence-corrected chi connectivity index (χ3v) is 14.9. The van der Waals surface area contributed by atoms with E-state index >= 15 is 0 Å². The van der Waals surface area contributed by atoms with Gasteiger partial charge >= 0.3 is 0 Å². The van der Waals surface area contributed by atoms with Crippen LogP contribution in [0.5, 0.6) is 0 Å². The molecular formula is C22H32Cl14O. The summed E-state index contributed by atoms with van der Waals surface area (Å²) in [5, 5.41) is -11.4. The highest BCUT2D eigenvalue weighted by molar-refractivity contribution is 6.45. The van der Waals surface area contributed by atoms with Crippen molar-refractivity contribution in [1.29, 1.82) is 0 Å². The molecule has 14 unspecified atom stereocenters. The summed E-state index contributed by atoms with van der Waals surface area (Å²) in [5.41, 5.74) is -0.880. The molecule has 0 bridgehead atoms. The summed E-state index contributed by atoms with van der Waals surface area (Å²) in [6.45, 7) is 6.34. The Hall–Kier alpha value is 4.02. The molecule has 15 heteroatoms. The number of hydrogen-bond acceptors (Lipinski definition) is 1. The summed E-state index contributed by atoms with van der Waals surface area (Å²) in [4.78, 5) is 0. The second-order valence-electron chi connectivity index (χ2n) is 8.95. The fourth-order valence-electron chi connectivity index (χ4n) is 3.08. The molecule has 0 aromatic carbocycles. The van der Waals surface area contributed by atoms with Crippen LogP contribution in [0.1, 0.15) is 40.0 Å². The first-order valence-corrected chi connectivity index (χ1v) is 17.7. The number of halogens is 14. The number of ether oxygens (including phenoxy) is 1. The molecule has 0 aromatic heterocycles. The molecule has 224 valence electrons. The summed E-state index contributed by atoms with van der Waals surface area (Å²) in [6, 6.07) is 0. The molecule has 0 fully saturated rings. The van der Waals surface area contributed by atoms with Crippen LogP contribution in [0.4, 0.5) is 0 Å². The predicted molar refractivity (Wildman–Crippen MR) is 175 cm³/mol. The lowest BCUT2D eigenvalue weighted by molar-refractivity contribution is 0.0999. The third-order valence-electron chi connectivity index (χ3n) is 5.56. The second kappa shape index (κ2) is 20.9. The number of rotatable bonds is 19. The van der Waals surface area contributed by atoms with E-state index in [0.29, 0.717) is 6.61 Å². The topological polar surface area (TPSA) is 9.23 Å². The minimum absolute atomic E-state index is 0.0593. The van der Waals surface area contributed by atoms with Crippen molar-refractivity contribution in [3.8, 4) is 0 Å². The standard InChI is InChI=1S/C22H32Cl14O/c1-4-5-6-7-37-22(36)21(35)20(34)19(33)18(32)17(31)16(30)15(29)14(28)13(27)12(26)11(25)10(24)9(23)8(2)3/h8-22H,4-7H2,1-3H3. The van der Waals surface area contributed by atoms with Crippen molar-refractivity contribution in [1.82, 2.24) is 0 Å². The Morgan fingerprint density at radius 3 is 0.946 bits per heavy atom. The Bertz CT molecular complexity index is 604. The molecule has 0 radical (unpaired) electrons. The van der Waals surface area contributed by atoms with Gasteiger partial charge in [-0.05, 0) is 12.3 Å². The summed E-state index contributed by atoms with van der Waals surface area (Å²) < 4.78 is 5.54. The van der Waals surface area contributed by atoms with Gasteiger partial charge in [0, 0.05) is 6.61 Å². The van der Waals surface area contributed by atoms with Crippen molar-refractivity contribution in [2.24, 2.45) is 5.92 Å². The average molecular weight is 809 g/mol. The Morgan fingerprint density at radius 2 is 0.676 bits per heavy atom. The lowest BCUT2D eigenvalue weighted by atomic mass is 9.99. The molecule has 0 rings (SSSR count). The van der Waals surface area contributed by atoms with Crippen LogP contribution in [-0.4, -0.2) is 82.1 Å². The van der Waals surface area contributed by atoms with E-state index in [0.717, 1.165) is 19.3 Å². The normalized spacial score (nSPS) is 24.2. The zero-order valence-corrected chi connectivity index (χ0v) is 30.8. The highest BCUT2D eigenvalue weighted by atomic mass is 35.5. The molecule has 0 N–H and O–H groups in total. The highest BCUT2D eigenvalue weighted by Gasteiger charge is 2.45. The van der Waals surface area contributed by atoms with Gasteiger partial charge in [0.25, 0.3) is 0 Å². The van der Waals surface area contributed by atoms with Gasteiger partial charge in [0.05, 0.1) is 69.9 Å². The van der Waals surface area contributed by atoms with Crippen molar-refractivity contribution in [3.63, 3.8) is 0 Å². The average Bonchev–Trinajstić information content (AvgIpc) is 2.89. The monoisotopic (exact) mass is 802 g/mol. The maximum atomic E-state index is 6.54. The number of alkyl halides is 14. The van der Waals surface area contributed by atoms with E-state index in [1.165, 1.54) is 0 Å². The van der Waals surface area contributed by atoms with Crippen molar-refractivity contribution in [3.05, 3.63) is 0 Å². The highest BCUT2D eigenvalue weighted by Crippen LogP contribution is 2.39.